The molecule has 4 atom stereocenters. The van der Waals surface area contributed by atoms with Gasteiger partial charge in [-0.3, -0.25) is 4.79 Å². The quantitative estimate of drug-likeness (QED) is 0.822. The molecule has 0 saturated heterocycles. The van der Waals surface area contributed by atoms with E-state index >= 15 is 0 Å². The highest BCUT2D eigenvalue weighted by Gasteiger charge is 2.44. The number of carbonyl (C=O) groups is 1. The van der Waals surface area contributed by atoms with E-state index in [0.717, 1.165) is 17.9 Å². The monoisotopic (exact) mass is 275 g/mol. The average molecular weight is 275 g/mol. The Kier molecular flexibility index (Phi) is 3.53. The summed E-state index contributed by atoms with van der Waals surface area (Å²) in [4.78, 5) is 14.5. The van der Waals surface area contributed by atoms with E-state index in [9.17, 15) is 9.18 Å². The van der Waals surface area contributed by atoms with Gasteiger partial charge in [0.1, 0.15) is 5.82 Å². The minimum absolute atomic E-state index is 0.00206. The van der Waals surface area contributed by atoms with E-state index < -0.39 is 0 Å². The van der Waals surface area contributed by atoms with Crippen molar-refractivity contribution in [2.45, 2.75) is 38.6 Å². The highest BCUT2D eigenvalue weighted by molar-refractivity contribution is 5.80. The molecule has 0 N–H and O–H groups in total. The fraction of sp³-hybridized carbons (Fsp3) is 0.588. The number of amides is 1. The Hall–Kier alpha value is -1.38. The normalized spacial score (nSPS) is 29.4. The second-order valence-corrected chi connectivity index (χ2v) is 6.46. The van der Waals surface area contributed by atoms with Gasteiger partial charge in [-0.25, -0.2) is 4.39 Å². The van der Waals surface area contributed by atoms with Crippen LogP contribution in [0.2, 0.25) is 0 Å². The first-order valence-electron chi connectivity index (χ1n) is 7.58. The van der Waals surface area contributed by atoms with Crippen LogP contribution in [0.15, 0.2) is 24.3 Å². The third kappa shape index (κ3) is 2.34. The van der Waals surface area contributed by atoms with Gasteiger partial charge in [-0.1, -0.05) is 18.6 Å². The van der Waals surface area contributed by atoms with Gasteiger partial charge < -0.3 is 4.90 Å². The smallest absolute Gasteiger partial charge is 0.226 e. The molecule has 0 aromatic heterocycles. The third-order valence-electron chi connectivity index (χ3n) is 5.34. The van der Waals surface area contributed by atoms with Crippen LogP contribution < -0.4 is 0 Å². The Morgan fingerprint density at radius 2 is 1.95 bits per heavy atom. The van der Waals surface area contributed by atoms with Crippen molar-refractivity contribution < 1.29 is 9.18 Å². The summed E-state index contributed by atoms with van der Waals surface area (Å²) >= 11 is 0. The molecule has 0 radical (unpaired) electrons. The Morgan fingerprint density at radius 3 is 2.50 bits per heavy atom. The number of hydrogen-bond acceptors (Lipinski definition) is 1. The van der Waals surface area contributed by atoms with Gasteiger partial charge in [0.25, 0.3) is 0 Å². The molecule has 3 rings (SSSR count). The highest BCUT2D eigenvalue weighted by Crippen LogP contribution is 2.49. The van der Waals surface area contributed by atoms with Gasteiger partial charge in [-0.15, -0.1) is 0 Å². The molecule has 1 amide bonds. The molecule has 2 aliphatic carbocycles. The van der Waals surface area contributed by atoms with Gasteiger partial charge in [0.2, 0.25) is 5.91 Å². The molecule has 0 spiro atoms. The zero-order valence-corrected chi connectivity index (χ0v) is 12.2. The van der Waals surface area contributed by atoms with E-state index in [2.05, 4.69) is 0 Å². The van der Waals surface area contributed by atoms with Crippen molar-refractivity contribution >= 4 is 5.91 Å². The van der Waals surface area contributed by atoms with Crippen LogP contribution in [0.25, 0.3) is 0 Å². The summed E-state index contributed by atoms with van der Waals surface area (Å²) in [6, 6.07) is 6.46. The highest BCUT2D eigenvalue weighted by atomic mass is 19.1. The standard InChI is InChI=1S/C17H22FNO/c1-11(13-5-7-15(18)8-6-13)19(2)17(20)16-10-12-3-4-14(16)9-12/h5-8,11-12,14,16H,3-4,9-10H2,1-2H3. The summed E-state index contributed by atoms with van der Waals surface area (Å²) < 4.78 is 13.0. The molecule has 1 aromatic rings. The lowest BCUT2D eigenvalue weighted by Crippen LogP contribution is -2.37. The molecule has 108 valence electrons. The van der Waals surface area contributed by atoms with E-state index in [1.54, 1.807) is 12.1 Å². The first-order valence-corrected chi connectivity index (χ1v) is 7.58. The molecule has 0 aliphatic heterocycles. The summed E-state index contributed by atoms with van der Waals surface area (Å²) in [5.74, 6) is 1.65. The van der Waals surface area contributed by atoms with Crippen LogP contribution in [-0.4, -0.2) is 17.9 Å². The Labute approximate surface area is 120 Å². The fourth-order valence-electron chi connectivity index (χ4n) is 3.96. The van der Waals surface area contributed by atoms with Crippen LogP contribution in [0.5, 0.6) is 0 Å². The summed E-state index contributed by atoms with van der Waals surface area (Å²) in [5.41, 5.74) is 0.991. The van der Waals surface area contributed by atoms with Crippen LogP contribution in [-0.2, 0) is 4.79 Å². The van der Waals surface area contributed by atoms with Gasteiger partial charge in [-0.2, -0.15) is 0 Å². The van der Waals surface area contributed by atoms with E-state index in [1.807, 2.05) is 18.9 Å². The number of nitrogens with zero attached hydrogens (tertiary/aromatic N) is 1. The number of carbonyl (C=O) groups excluding carboxylic acids is 1. The molecule has 0 heterocycles. The van der Waals surface area contributed by atoms with Crippen LogP contribution in [0.4, 0.5) is 4.39 Å². The van der Waals surface area contributed by atoms with E-state index in [0.29, 0.717) is 5.92 Å². The van der Waals surface area contributed by atoms with Gasteiger partial charge >= 0.3 is 0 Å². The minimum Gasteiger partial charge on any atom is -0.339 e. The van der Waals surface area contributed by atoms with Gasteiger partial charge in [0.05, 0.1) is 6.04 Å². The maximum atomic E-state index is 13.0. The first kappa shape index (κ1) is 13.6. The largest absolute Gasteiger partial charge is 0.339 e. The Morgan fingerprint density at radius 1 is 1.25 bits per heavy atom. The minimum atomic E-state index is -0.233. The topological polar surface area (TPSA) is 20.3 Å². The second kappa shape index (κ2) is 5.19. The zero-order valence-electron chi connectivity index (χ0n) is 12.2. The zero-order chi connectivity index (χ0) is 14.3. The lowest BCUT2D eigenvalue weighted by Gasteiger charge is -2.31. The van der Waals surface area contributed by atoms with Crippen molar-refractivity contribution in [3.05, 3.63) is 35.6 Å². The van der Waals surface area contributed by atoms with Crippen molar-refractivity contribution in [1.82, 2.24) is 4.90 Å². The van der Waals surface area contributed by atoms with E-state index in [-0.39, 0.29) is 23.7 Å². The molecule has 2 fully saturated rings. The predicted octanol–water partition coefficient (Wildman–Crippen LogP) is 3.78. The average Bonchev–Trinajstić information content (AvgIpc) is 3.08. The molecule has 20 heavy (non-hydrogen) atoms. The summed E-state index contributed by atoms with van der Waals surface area (Å²) in [6.07, 6.45) is 4.85. The lowest BCUT2D eigenvalue weighted by molar-refractivity contribution is -0.137. The molecule has 4 unspecified atom stereocenters. The number of hydrogen-bond donors (Lipinski definition) is 0. The van der Waals surface area contributed by atoms with Crippen molar-refractivity contribution in [1.29, 1.82) is 0 Å². The van der Waals surface area contributed by atoms with Gasteiger partial charge in [0, 0.05) is 13.0 Å². The molecule has 2 nitrogen and oxygen atoms in total. The Bertz CT molecular complexity index is 498. The van der Waals surface area contributed by atoms with Crippen molar-refractivity contribution in [2.24, 2.45) is 17.8 Å². The number of rotatable bonds is 3. The van der Waals surface area contributed by atoms with E-state index in [1.165, 1.54) is 31.4 Å². The lowest BCUT2D eigenvalue weighted by atomic mass is 9.87. The molecule has 1 aromatic carbocycles. The molecular weight excluding hydrogens is 253 g/mol. The van der Waals surface area contributed by atoms with Crippen molar-refractivity contribution in [3.63, 3.8) is 0 Å². The SMILES string of the molecule is CC(c1ccc(F)cc1)N(C)C(=O)C1CC2CCC1C2. The van der Waals surface area contributed by atoms with Crippen LogP contribution in [0, 0.1) is 23.6 Å². The van der Waals surface area contributed by atoms with Crippen LogP contribution in [0.1, 0.15) is 44.2 Å². The summed E-state index contributed by atoms with van der Waals surface area (Å²) in [6.45, 7) is 2.01. The number of benzene rings is 1. The molecule has 2 saturated carbocycles. The van der Waals surface area contributed by atoms with Crippen molar-refractivity contribution in [2.75, 3.05) is 7.05 Å². The number of halogens is 1. The van der Waals surface area contributed by atoms with Crippen LogP contribution >= 0.6 is 0 Å². The Balaban J connectivity index is 1.70. The molecule has 3 heteroatoms. The van der Waals surface area contributed by atoms with Crippen LogP contribution in [0.3, 0.4) is 0 Å². The number of fused-ring (bicyclic) bond motifs is 2. The molecule has 2 bridgehead atoms. The van der Waals surface area contributed by atoms with Crippen molar-refractivity contribution in [3.8, 4) is 0 Å². The fourth-order valence-corrected chi connectivity index (χ4v) is 3.96. The molecular formula is C17H22FNO. The van der Waals surface area contributed by atoms with Gasteiger partial charge in [-0.05, 0) is 55.7 Å². The molecule has 2 aliphatic rings. The first-order chi connectivity index (χ1) is 9.56. The maximum Gasteiger partial charge on any atom is 0.226 e. The van der Waals surface area contributed by atoms with Gasteiger partial charge in [0.15, 0.2) is 0 Å². The summed E-state index contributed by atoms with van der Waals surface area (Å²) in [7, 11) is 1.88. The predicted molar refractivity (Wildman–Crippen MR) is 76.5 cm³/mol. The second-order valence-electron chi connectivity index (χ2n) is 6.46. The summed E-state index contributed by atoms with van der Waals surface area (Å²) in [5, 5.41) is 0. The van der Waals surface area contributed by atoms with E-state index in [4.69, 9.17) is 0 Å². The maximum absolute atomic E-state index is 13.0. The third-order valence-corrected chi connectivity index (χ3v) is 5.34.